The van der Waals surface area contributed by atoms with E-state index in [1.165, 1.54) is 0 Å². The van der Waals surface area contributed by atoms with Gasteiger partial charge in [0.15, 0.2) is 5.76 Å². The molecule has 0 fully saturated rings. The van der Waals surface area contributed by atoms with Gasteiger partial charge in [0, 0.05) is 16.1 Å². The van der Waals surface area contributed by atoms with Gasteiger partial charge in [-0.2, -0.15) is 0 Å². The Labute approximate surface area is 141 Å². The predicted molar refractivity (Wildman–Crippen MR) is 90.5 cm³/mol. The topological polar surface area (TPSA) is 73.0 Å². The third-order valence-electron chi connectivity index (χ3n) is 3.51. The van der Waals surface area contributed by atoms with E-state index < -0.39 is 0 Å². The maximum absolute atomic E-state index is 12.3. The molecule has 0 spiro atoms. The van der Waals surface area contributed by atoms with E-state index in [4.69, 9.17) is 16.0 Å². The van der Waals surface area contributed by atoms with Gasteiger partial charge in [-0.1, -0.05) is 16.8 Å². The highest BCUT2D eigenvalue weighted by atomic mass is 35.5. The Balaban J connectivity index is 1.54. The number of anilines is 1. The Kier molecular flexibility index (Phi) is 3.51. The molecule has 6 nitrogen and oxygen atoms in total. The Bertz CT molecular complexity index is 1010. The van der Waals surface area contributed by atoms with Gasteiger partial charge in [0.1, 0.15) is 5.58 Å². The van der Waals surface area contributed by atoms with Crippen molar-refractivity contribution in [1.82, 2.24) is 15.0 Å². The number of carbonyl (C=O) groups excluding carboxylic acids is 1. The highest BCUT2D eigenvalue weighted by molar-refractivity contribution is 6.31. The first kappa shape index (κ1) is 14.5. The molecule has 24 heavy (non-hydrogen) atoms. The molecule has 0 aliphatic rings. The summed E-state index contributed by atoms with van der Waals surface area (Å²) in [5.74, 6) is -0.0940. The molecule has 0 aliphatic heterocycles. The monoisotopic (exact) mass is 338 g/mol. The molecule has 7 heteroatoms. The van der Waals surface area contributed by atoms with E-state index in [1.807, 2.05) is 12.1 Å². The van der Waals surface area contributed by atoms with Crippen LogP contribution in [-0.4, -0.2) is 20.9 Å². The molecule has 1 amide bonds. The van der Waals surface area contributed by atoms with Crippen LogP contribution >= 0.6 is 11.6 Å². The van der Waals surface area contributed by atoms with Crippen molar-refractivity contribution in [2.45, 2.75) is 0 Å². The fourth-order valence-electron chi connectivity index (χ4n) is 2.36. The molecule has 2 aromatic carbocycles. The molecule has 4 aromatic rings. The number of nitrogens with zero attached hydrogens (tertiary/aromatic N) is 3. The SMILES string of the molecule is O=C(Nc1ccc(-n2ccnn2)cc1)c1cc2cc(Cl)ccc2o1. The summed E-state index contributed by atoms with van der Waals surface area (Å²) in [5.41, 5.74) is 2.12. The number of carbonyl (C=O) groups is 1. The van der Waals surface area contributed by atoms with Crippen molar-refractivity contribution in [2.24, 2.45) is 0 Å². The lowest BCUT2D eigenvalue weighted by atomic mass is 10.2. The van der Waals surface area contributed by atoms with Crippen molar-refractivity contribution >= 4 is 34.2 Å². The van der Waals surface area contributed by atoms with Crippen LogP contribution in [-0.2, 0) is 0 Å². The van der Waals surface area contributed by atoms with Crippen molar-refractivity contribution in [3.63, 3.8) is 0 Å². The second-order valence-corrected chi connectivity index (χ2v) is 5.58. The van der Waals surface area contributed by atoms with Crippen molar-refractivity contribution in [1.29, 1.82) is 0 Å². The molecular weight excluding hydrogens is 328 g/mol. The Morgan fingerprint density at radius 1 is 1.12 bits per heavy atom. The van der Waals surface area contributed by atoms with Gasteiger partial charge in [-0.15, -0.1) is 5.10 Å². The van der Waals surface area contributed by atoms with Gasteiger partial charge in [-0.05, 0) is 48.5 Å². The summed E-state index contributed by atoms with van der Waals surface area (Å²) < 4.78 is 7.18. The molecule has 0 atom stereocenters. The number of hydrogen-bond donors (Lipinski definition) is 1. The van der Waals surface area contributed by atoms with E-state index in [1.54, 1.807) is 53.5 Å². The number of amides is 1. The summed E-state index contributed by atoms with van der Waals surface area (Å²) in [6, 6.07) is 14.1. The van der Waals surface area contributed by atoms with Crippen LogP contribution in [0.2, 0.25) is 5.02 Å². The zero-order valence-electron chi connectivity index (χ0n) is 12.3. The van der Waals surface area contributed by atoms with E-state index in [0.717, 1.165) is 11.1 Å². The van der Waals surface area contributed by atoms with Crippen molar-refractivity contribution < 1.29 is 9.21 Å². The van der Waals surface area contributed by atoms with E-state index in [2.05, 4.69) is 15.6 Å². The fourth-order valence-corrected chi connectivity index (χ4v) is 2.54. The molecule has 0 aliphatic carbocycles. The molecule has 1 N–H and O–H groups in total. The first-order valence-corrected chi connectivity index (χ1v) is 7.54. The minimum absolute atomic E-state index is 0.229. The molecule has 0 unspecified atom stereocenters. The zero-order chi connectivity index (χ0) is 16.5. The van der Waals surface area contributed by atoms with Crippen molar-refractivity contribution in [2.75, 3.05) is 5.32 Å². The lowest BCUT2D eigenvalue weighted by molar-refractivity contribution is 0.0998. The maximum Gasteiger partial charge on any atom is 0.291 e. The van der Waals surface area contributed by atoms with Crippen molar-refractivity contribution in [3.05, 3.63) is 71.7 Å². The van der Waals surface area contributed by atoms with Crippen LogP contribution in [0.25, 0.3) is 16.7 Å². The summed E-state index contributed by atoms with van der Waals surface area (Å²) in [5, 5.41) is 11.8. The number of benzene rings is 2. The van der Waals surface area contributed by atoms with Gasteiger partial charge in [-0.3, -0.25) is 4.79 Å². The first-order chi connectivity index (χ1) is 11.7. The first-order valence-electron chi connectivity index (χ1n) is 7.16. The van der Waals surface area contributed by atoms with Crippen LogP contribution < -0.4 is 5.32 Å². The van der Waals surface area contributed by atoms with E-state index in [-0.39, 0.29) is 11.7 Å². The van der Waals surface area contributed by atoms with E-state index in [9.17, 15) is 4.79 Å². The lowest BCUT2D eigenvalue weighted by Crippen LogP contribution is -2.10. The average Bonchev–Trinajstić information content (AvgIpc) is 3.24. The largest absolute Gasteiger partial charge is 0.451 e. The molecule has 2 heterocycles. The predicted octanol–water partition coefficient (Wildman–Crippen LogP) is 3.92. The third kappa shape index (κ3) is 2.75. The minimum atomic E-state index is -0.323. The van der Waals surface area contributed by atoms with Crippen LogP contribution in [0.3, 0.4) is 0 Å². The minimum Gasteiger partial charge on any atom is -0.451 e. The Morgan fingerprint density at radius 2 is 1.96 bits per heavy atom. The third-order valence-corrected chi connectivity index (χ3v) is 3.75. The summed E-state index contributed by atoms with van der Waals surface area (Å²) >= 11 is 5.94. The zero-order valence-corrected chi connectivity index (χ0v) is 13.1. The van der Waals surface area contributed by atoms with E-state index in [0.29, 0.717) is 16.3 Å². The van der Waals surface area contributed by atoms with Crippen LogP contribution in [0.1, 0.15) is 10.6 Å². The number of furan rings is 1. The van der Waals surface area contributed by atoms with Gasteiger partial charge in [-0.25, -0.2) is 4.68 Å². The molecule has 4 rings (SSSR count). The van der Waals surface area contributed by atoms with Crippen LogP contribution in [0.15, 0.2) is 65.3 Å². The van der Waals surface area contributed by atoms with E-state index >= 15 is 0 Å². The molecule has 0 saturated carbocycles. The molecule has 0 bridgehead atoms. The van der Waals surface area contributed by atoms with Crippen LogP contribution in [0, 0.1) is 0 Å². The lowest BCUT2D eigenvalue weighted by Gasteiger charge is -2.04. The molecule has 0 saturated heterocycles. The number of rotatable bonds is 3. The quantitative estimate of drug-likeness (QED) is 0.614. The number of nitrogens with one attached hydrogen (secondary N) is 1. The van der Waals surface area contributed by atoms with Gasteiger partial charge in [0.25, 0.3) is 5.91 Å². The van der Waals surface area contributed by atoms with Gasteiger partial charge < -0.3 is 9.73 Å². The Hall–Kier alpha value is -3.12. The van der Waals surface area contributed by atoms with Crippen LogP contribution in [0.5, 0.6) is 0 Å². The van der Waals surface area contributed by atoms with Gasteiger partial charge >= 0.3 is 0 Å². The van der Waals surface area contributed by atoms with Crippen molar-refractivity contribution in [3.8, 4) is 5.69 Å². The summed E-state index contributed by atoms with van der Waals surface area (Å²) in [6.07, 6.45) is 3.34. The normalized spacial score (nSPS) is 10.9. The average molecular weight is 339 g/mol. The molecule has 118 valence electrons. The number of halogens is 1. The maximum atomic E-state index is 12.3. The molecule has 2 aromatic heterocycles. The van der Waals surface area contributed by atoms with Gasteiger partial charge in [0.2, 0.25) is 0 Å². The smallest absolute Gasteiger partial charge is 0.291 e. The Morgan fingerprint density at radius 3 is 2.71 bits per heavy atom. The highest BCUT2D eigenvalue weighted by Gasteiger charge is 2.13. The van der Waals surface area contributed by atoms with Crippen LogP contribution in [0.4, 0.5) is 5.69 Å². The fraction of sp³-hybridized carbons (Fsp3) is 0. The standard InChI is InChI=1S/C17H11ClN4O2/c18-12-1-6-15-11(9-12)10-16(24-15)17(23)20-13-2-4-14(5-3-13)22-8-7-19-21-22/h1-10H,(H,20,23). The second-order valence-electron chi connectivity index (χ2n) is 5.14. The number of hydrogen-bond acceptors (Lipinski definition) is 4. The summed E-state index contributed by atoms with van der Waals surface area (Å²) in [4.78, 5) is 12.3. The molecular formula is C17H11ClN4O2. The molecule has 0 radical (unpaired) electrons. The summed E-state index contributed by atoms with van der Waals surface area (Å²) in [7, 11) is 0. The highest BCUT2D eigenvalue weighted by Crippen LogP contribution is 2.23. The second kappa shape index (κ2) is 5.82. The number of aromatic nitrogens is 3. The summed E-state index contributed by atoms with van der Waals surface area (Å²) in [6.45, 7) is 0. The number of fused-ring (bicyclic) bond motifs is 1. The van der Waals surface area contributed by atoms with Gasteiger partial charge in [0.05, 0.1) is 18.1 Å².